The van der Waals surface area contributed by atoms with Crippen LogP contribution in [0, 0.1) is 35.0 Å². The van der Waals surface area contributed by atoms with Crippen molar-refractivity contribution in [2.45, 2.75) is 6.42 Å². The van der Waals surface area contributed by atoms with Crippen molar-refractivity contribution in [1.82, 2.24) is 0 Å². The van der Waals surface area contributed by atoms with Crippen molar-refractivity contribution in [3.05, 3.63) is 42.0 Å². The van der Waals surface area contributed by atoms with Gasteiger partial charge in [-0.15, -0.1) is 0 Å². The van der Waals surface area contributed by atoms with Crippen LogP contribution < -0.4 is 4.90 Å². The molecule has 2 amide bonds. The van der Waals surface area contributed by atoms with E-state index in [9.17, 15) is 9.59 Å². The highest BCUT2D eigenvalue weighted by Crippen LogP contribution is 2.53. The van der Waals surface area contributed by atoms with Crippen LogP contribution in [0.1, 0.15) is 12.0 Å². The number of fused-ring (bicyclic) bond motifs is 5. The predicted octanol–water partition coefficient (Wildman–Crippen LogP) is 1.87. The lowest BCUT2D eigenvalue weighted by Gasteiger charge is -2.17. The first kappa shape index (κ1) is 11.4. The van der Waals surface area contributed by atoms with Crippen molar-refractivity contribution in [1.29, 1.82) is 5.26 Å². The SMILES string of the molecule is N#Cc1ccc(N2C(=O)[C@@H]3[C@H](C2=O)[C@H]2C=C[C@H]3C2)cc1. The van der Waals surface area contributed by atoms with E-state index in [2.05, 4.69) is 12.2 Å². The molecule has 2 bridgehead atoms. The third kappa shape index (κ3) is 1.30. The van der Waals surface area contributed by atoms with Gasteiger partial charge in [-0.05, 0) is 42.5 Å². The Kier molecular flexibility index (Phi) is 2.17. The summed E-state index contributed by atoms with van der Waals surface area (Å²) in [6.45, 7) is 0. The number of carbonyl (C=O) groups is 2. The topological polar surface area (TPSA) is 61.2 Å². The van der Waals surface area contributed by atoms with E-state index < -0.39 is 0 Å². The van der Waals surface area contributed by atoms with Crippen molar-refractivity contribution < 1.29 is 9.59 Å². The maximum Gasteiger partial charge on any atom is 0.238 e. The molecule has 0 spiro atoms. The van der Waals surface area contributed by atoms with Gasteiger partial charge >= 0.3 is 0 Å². The minimum absolute atomic E-state index is 0.0819. The number of hydrogen-bond donors (Lipinski definition) is 0. The summed E-state index contributed by atoms with van der Waals surface area (Å²) in [5.74, 6) is -0.0564. The van der Waals surface area contributed by atoms with E-state index in [4.69, 9.17) is 5.26 Å². The number of nitrogens with zero attached hydrogens (tertiary/aromatic N) is 2. The fraction of sp³-hybridized carbons (Fsp3) is 0.312. The fourth-order valence-corrected chi connectivity index (χ4v) is 3.84. The third-order valence-corrected chi connectivity index (χ3v) is 4.72. The smallest absolute Gasteiger partial charge is 0.238 e. The Morgan fingerprint density at radius 2 is 1.55 bits per heavy atom. The predicted molar refractivity (Wildman–Crippen MR) is 71.4 cm³/mol. The maximum atomic E-state index is 12.5. The van der Waals surface area contributed by atoms with Crippen LogP contribution >= 0.6 is 0 Å². The highest BCUT2D eigenvalue weighted by atomic mass is 16.2. The molecular formula is C16H12N2O2. The lowest BCUT2D eigenvalue weighted by molar-refractivity contribution is -0.123. The molecular weight excluding hydrogens is 252 g/mol. The zero-order chi connectivity index (χ0) is 13.9. The van der Waals surface area contributed by atoms with Crippen molar-refractivity contribution >= 4 is 17.5 Å². The van der Waals surface area contributed by atoms with Crippen LogP contribution in [0.4, 0.5) is 5.69 Å². The summed E-state index contributed by atoms with van der Waals surface area (Å²) in [6.07, 6.45) is 5.10. The Balaban J connectivity index is 1.72. The summed E-state index contributed by atoms with van der Waals surface area (Å²) in [6, 6.07) is 8.65. The van der Waals surface area contributed by atoms with E-state index in [1.165, 1.54) is 4.90 Å². The second kappa shape index (κ2) is 3.80. The molecule has 1 heterocycles. The highest BCUT2D eigenvalue weighted by Gasteiger charge is 2.59. The Hall–Kier alpha value is -2.41. The van der Waals surface area contributed by atoms with Gasteiger partial charge in [-0.25, -0.2) is 0 Å². The minimum Gasteiger partial charge on any atom is -0.274 e. The first-order valence-electron chi connectivity index (χ1n) is 6.77. The van der Waals surface area contributed by atoms with Gasteiger partial charge in [0.2, 0.25) is 11.8 Å². The van der Waals surface area contributed by atoms with E-state index in [0.717, 1.165) is 6.42 Å². The molecule has 3 aliphatic rings. The van der Waals surface area contributed by atoms with Gasteiger partial charge in [-0.1, -0.05) is 12.2 Å². The lowest BCUT2D eigenvalue weighted by atomic mass is 9.85. The van der Waals surface area contributed by atoms with Crippen LogP contribution in [-0.4, -0.2) is 11.8 Å². The normalized spacial score (nSPS) is 33.6. The van der Waals surface area contributed by atoms with E-state index in [1.54, 1.807) is 24.3 Å². The molecule has 1 aromatic carbocycles. The zero-order valence-corrected chi connectivity index (χ0v) is 10.7. The van der Waals surface area contributed by atoms with Gasteiger partial charge in [0.05, 0.1) is 29.2 Å². The molecule has 1 aromatic rings. The standard InChI is InChI=1S/C16H12N2O2/c17-8-9-1-5-12(6-2-9)18-15(19)13-10-3-4-11(7-10)14(13)16(18)20/h1-6,10-11,13-14H,7H2/t10-,11-,13-,14+/m0/s1. The molecule has 4 rings (SSSR count). The molecule has 4 heteroatoms. The van der Waals surface area contributed by atoms with Gasteiger partial charge in [-0.3, -0.25) is 14.5 Å². The van der Waals surface area contributed by atoms with Crippen LogP contribution in [0.2, 0.25) is 0 Å². The Bertz CT molecular complexity index is 653. The molecule has 1 aliphatic heterocycles. The van der Waals surface area contributed by atoms with Crippen molar-refractivity contribution in [3.8, 4) is 6.07 Å². The van der Waals surface area contributed by atoms with Gasteiger partial charge < -0.3 is 0 Å². The summed E-state index contributed by atoms with van der Waals surface area (Å²) >= 11 is 0. The number of nitriles is 1. The molecule has 0 aromatic heterocycles. The van der Waals surface area contributed by atoms with Gasteiger partial charge in [0, 0.05) is 0 Å². The van der Waals surface area contributed by atoms with Crippen LogP contribution in [0.3, 0.4) is 0 Å². The molecule has 98 valence electrons. The third-order valence-electron chi connectivity index (χ3n) is 4.72. The number of carbonyl (C=O) groups excluding carboxylic acids is 2. The summed E-state index contributed by atoms with van der Waals surface area (Å²) in [4.78, 5) is 26.4. The van der Waals surface area contributed by atoms with Crippen molar-refractivity contribution in [2.24, 2.45) is 23.7 Å². The van der Waals surface area contributed by atoms with Crippen LogP contribution in [-0.2, 0) is 9.59 Å². The summed E-state index contributed by atoms with van der Waals surface area (Å²) in [7, 11) is 0. The Labute approximate surface area is 116 Å². The minimum atomic E-state index is -0.173. The Morgan fingerprint density at radius 1 is 1.00 bits per heavy atom. The molecule has 4 atom stereocenters. The second-order valence-electron chi connectivity index (χ2n) is 5.67. The molecule has 2 fully saturated rings. The molecule has 1 saturated heterocycles. The number of allylic oxidation sites excluding steroid dienone is 2. The van der Waals surface area contributed by atoms with Crippen LogP contribution in [0.25, 0.3) is 0 Å². The van der Waals surface area contributed by atoms with E-state index in [0.29, 0.717) is 11.3 Å². The van der Waals surface area contributed by atoms with Crippen LogP contribution in [0.5, 0.6) is 0 Å². The zero-order valence-electron chi connectivity index (χ0n) is 10.7. The molecule has 0 N–H and O–H groups in total. The monoisotopic (exact) mass is 264 g/mol. The summed E-state index contributed by atoms with van der Waals surface area (Å²) in [5.41, 5.74) is 1.10. The van der Waals surface area contributed by atoms with Gasteiger partial charge in [-0.2, -0.15) is 5.26 Å². The average Bonchev–Trinajstić information content (AvgIpc) is 3.14. The quantitative estimate of drug-likeness (QED) is 0.574. The number of amides is 2. The maximum absolute atomic E-state index is 12.5. The molecule has 0 unspecified atom stereocenters. The largest absolute Gasteiger partial charge is 0.274 e. The summed E-state index contributed by atoms with van der Waals surface area (Å²) in [5, 5.41) is 8.80. The Morgan fingerprint density at radius 3 is 2.05 bits per heavy atom. The van der Waals surface area contributed by atoms with Crippen molar-refractivity contribution in [2.75, 3.05) is 4.90 Å². The fourth-order valence-electron chi connectivity index (χ4n) is 3.84. The lowest BCUT2D eigenvalue weighted by Crippen LogP contribution is -2.32. The van der Waals surface area contributed by atoms with E-state index >= 15 is 0 Å². The average molecular weight is 264 g/mol. The van der Waals surface area contributed by atoms with Gasteiger partial charge in [0.15, 0.2) is 0 Å². The molecule has 0 radical (unpaired) electrons. The van der Waals surface area contributed by atoms with Gasteiger partial charge in [0.1, 0.15) is 0 Å². The number of rotatable bonds is 1. The van der Waals surface area contributed by atoms with E-state index in [-0.39, 0.29) is 35.5 Å². The summed E-state index contributed by atoms with van der Waals surface area (Å²) < 4.78 is 0. The number of anilines is 1. The first-order valence-corrected chi connectivity index (χ1v) is 6.77. The number of hydrogen-bond acceptors (Lipinski definition) is 3. The molecule has 2 aliphatic carbocycles. The highest BCUT2D eigenvalue weighted by molar-refractivity contribution is 6.22. The molecule has 4 nitrogen and oxygen atoms in total. The van der Waals surface area contributed by atoms with Crippen LogP contribution in [0.15, 0.2) is 36.4 Å². The number of imide groups is 1. The first-order chi connectivity index (χ1) is 9.70. The number of benzene rings is 1. The van der Waals surface area contributed by atoms with Gasteiger partial charge in [0.25, 0.3) is 0 Å². The second-order valence-corrected chi connectivity index (χ2v) is 5.67. The van der Waals surface area contributed by atoms with Crippen molar-refractivity contribution in [3.63, 3.8) is 0 Å². The molecule has 20 heavy (non-hydrogen) atoms. The molecule has 1 saturated carbocycles. The van der Waals surface area contributed by atoms with E-state index in [1.807, 2.05) is 6.07 Å².